The molecule has 2 heterocycles. The predicted molar refractivity (Wildman–Crippen MR) is 91.4 cm³/mol. The highest BCUT2D eigenvalue weighted by atomic mass is 32.2. The molecule has 0 radical (unpaired) electrons. The summed E-state index contributed by atoms with van der Waals surface area (Å²) in [5.74, 6) is 0.831. The van der Waals surface area contributed by atoms with Crippen LogP contribution in [0.4, 0.5) is 0 Å². The van der Waals surface area contributed by atoms with E-state index in [0.717, 1.165) is 38.6 Å². The van der Waals surface area contributed by atoms with Crippen molar-refractivity contribution in [3.05, 3.63) is 0 Å². The van der Waals surface area contributed by atoms with Gasteiger partial charge in [-0.05, 0) is 18.4 Å². The molecule has 2 rings (SSSR count). The minimum atomic E-state index is -0.486. The maximum absolute atomic E-state index is 12.1. The first-order chi connectivity index (χ1) is 11.1. The molecule has 7 nitrogen and oxygen atoms in total. The zero-order chi connectivity index (χ0) is 16.7. The molecule has 3 N–H and O–H groups in total. The highest BCUT2D eigenvalue weighted by molar-refractivity contribution is 7.98. The summed E-state index contributed by atoms with van der Waals surface area (Å²) in [4.78, 5) is 28.3. The SMILES string of the molecule is CSCC[C@H](N)C(=O)NC1CC(=O)N(CCN2CCOCC2)C1. The lowest BCUT2D eigenvalue weighted by Gasteiger charge is -2.28. The van der Waals surface area contributed by atoms with Crippen LogP contribution in [0.3, 0.4) is 0 Å². The van der Waals surface area contributed by atoms with E-state index in [1.165, 1.54) is 0 Å². The second-order valence-electron chi connectivity index (χ2n) is 6.09. The van der Waals surface area contributed by atoms with E-state index in [1.54, 1.807) is 11.8 Å². The van der Waals surface area contributed by atoms with E-state index < -0.39 is 6.04 Å². The molecular formula is C15H28N4O3S. The zero-order valence-electron chi connectivity index (χ0n) is 13.8. The largest absolute Gasteiger partial charge is 0.379 e. The van der Waals surface area contributed by atoms with Crippen LogP contribution in [0.1, 0.15) is 12.8 Å². The Labute approximate surface area is 142 Å². The fourth-order valence-corrected chi connectivity index (χ4v) is 3.35. The number of morpholine rings is 1. The number of nitrogens with two attached hydrogens (primary N) is 1. The molecule has 2 saturated heterocycles. The Bertz CT molecular complexity index is 404. The molecule has 0 aromatic heterocycles. The number of nitrogens with zero attached hydrogens (tertiary/aromatic N) is 2. The summed E-state index contributed by atoms with van der Waals surface area (Å²) in [5.41, 5.74) is 5.86. The van der Waals surface area contributed by atoms with Crippen LogP contribution in [0.2, 0.25) is 0 Å². The summed E-state index contributed by atoms with van der Waals surface area (Å²) >= 11 is 1.68. The third-order valence-corrected chi connectivity index (χ3v) is 4.96. The molecule has 2 aliphatic heterocycles. The number of nitrogens with one attached hydrogen (secondary N) is 1. The third kappa shape index (κ3) is 5.95. The summed E-state index contributed by atoms with van der Waals surface area (Å²) in [7, 11) is 0. The summed E-state index contributed by atoms with van der Waals surface area (Å²) < 4.78 is 5.32. The maximum Gasteiger partial charge on any atom is 0.237 e. The molecule has 0 aromatic rings. The Morgan fingerprint density at radius 3 is 2.87 bits per heavy atom. The molecule has 0 aromatic carbocycles. The van der Waals surface area contributed by atoms with Crippen molar-refractivity contribution in [2.24, 2.45) is 5.73 Å². The lowest BCUT2D eigenvalue weighted by molar-refractivity contribution is -0.128. The van der Waals surface area contributed by atoms with Gasteiger partial charge in [0, 0.05) is 39.1 Å². The lowest BCUT2D eigenvalue weighted by atomic mass is 10.2. The molecule has 1 unspecified atom stereocenters. The number of thioether (sulfide) groups is 1. The van der Waals surface area contributed by atoms with Gasteiger partial charge in [-0.15, -0.1) is 0 Å². The minimum absolute atomic E-state index is 0.111. The van der Waals surface area contributed by atoms with Gasteiger partial charge in [-0.1, -0.05) is 0 Å². The van der Waals surface area contributed by atoms with E-state index in [9.17, 15) is 9.59 Å². The smallest absolute Gasteiger partial charge is 0.237 e. The molecule has 0 bridgehead atoms. The van der Waals surface area contributed by atoms with E-state index in [-0.39, 0.29) is 17.9 Å². The van der Waals surface area contributed by atoms with E-state index in [1.807, 2.05) is 11.2 Å². The van der Waals surface area contributed by atoms with Gasteiger partial charge in [-0.2, -0.15) is 11.8 Å². The van der Waals surface area contributed by atoms with E-state index in [4.69, 9.17) is 10.5 Å². The van der Waals surface area contributed by atoms with Crippen molar-refractivity contribution in [1.29, 1.82) is 0 Å². The van der Waals surface area contributed by atoms with Crippen molar-refractivity contribution in [3.8, 4) is 0 Å². The first-order valence-corrected chi connectivity index (χ1v) is 9.62. The van der Waals surface area contributed by atoms with Gasteiger partial charge in [0.2, 0.25) is 11.8 Å². The predicted octanol–water partition coefficient (Wildman–Crippen LogP) is -0.884. The standard InChI is InChI=1S/C15H28N4O3S/c1-23-9-2-13(16)15(21)17-12-10-14(20)19(11-12)4-3-18-5-7-22-8-6-18/h12-13H,2-11,16H2,1H3,(H,17,21)/t12?,13-/m0/s1. The first kappa shape index (κ1) is 18.5. The van der Waals surface area contributed by atoms with E-state index in [0.29, 0.717) is 25.9 Å². The van der Waals surface area contributed by atoms with Crippen molar-refractivity contribution in [2.45, 2.75) is 24.9 Å². The van der Waals surface area contributed by atoms with E-state index in [2.05, 4.69) is 10.2 Å². The molecule has 132 valence electrons. The first-order valence-electron chi connectivity index (χ1n) is 8.23. The monoisotopic (exact) mass is 344 g/mol. The van der Waals surface area contributed by atoms with E-state index >= 15 is 0 Å². The van der Waals surface area contributed by atoms with Gasteiger partial charge in [0.15, 0.2) is 0 Å². The van der Waals surface area contributed by atoms with Crippen molar-refractivity contribution in [3.63, 3.8) is 0 Å². The van der Waals surface area contributed by atoms with Gasteiger partial charge in [0.05, 0.1) is 25.3 Å². The van der Waals surface area contributed by atoms with Crippen molar-refractivity contribution < 1.29 is 14.3 Å². The van der Waals surface area contributed by atoms with Crippen LogP contribution in [0.15, 0.2) is 0 Å². The second-order valence-corrected chi connectivity index (χ2v) is 7.08. The lowest BCUT2D eigenvalue weighted by Crippen LogP contribution is -2.47. The van der Waals surface area contributed by atoms with Crippen molar-refractivity contribution in [2.75, 3.05) is 57.9 Å². The topological polar surface area (TPSA) is 87.9 Å². The molecule has 23 heavy (non-hydrogen) atoms. The quantitative estimate of drug-likeness (QED) is 0.594. The maximum atomic E-state index is 12.1. The van der Waals surface area contributed by atoms with Gasteiger partial charge < -0.3 is 20.7 Å². The average molecular weight is 344 g/mol. The van der Waals surface area contributed by atoms with Gasteiger partial charge in [-0.25, -0.2) is 0 Å². The number of ether oxygens (including phenoxy) is 1. The Morgan fingerprint density at radius 2 is 2.17 bits per heavy atom. The van der Waals surface area contributed by atoms with Crippen molar-refractivity contribution >= 4 is 23.6 Å². The molecule has 0 aliphatic carbocycles. The third-order valence-electron chi connectivity index (χ3n) is 4.32. The summed E-state index contributed by atoms with van der Waals surface area (Å²) in [6.45, 7) is 5.54. The molecule has 0 spiro atoms. The zero-order valence-corrected chi connectivity index (χ0v) is 14.6. The number of hydrogen-bond donors (Lipinski definition) is 2. The Hall–Kier alpha value is -0.830. The highest BCUT2D eigenvalue weighted by Gasteiger charge is 2.31. The molecular weight excluding hydrogens is 316 g/mol. The molecule has 2 fully saturated rings. The second kappa shape index (κ2) is 9.46. The Balaban J connectivity index is 1.70. The number of carbonyl (C=O) groups is 2. The summed E-state index contributed by atoms with van der Waals surface area (Å²) in [6.07, 6.45) is 3.03. The normalized spacial score (nSPS) is 24.0. The van der Waals surface area contributed by atoms with Crippen LogP contribution in [0.25, 0.3) is 0 Å². The van der Waals surface area contributed by atoms with Gasteiger partial charge in [0.1, 0.15) is 0 Å². The molecule has 2 atom stereocenters. The molecule has 8 heteroatoms. The van der Waals surface area contributed by atoms with Gasteiger partial charge in [0.25, 0.3) is 0 Å². The average Bonchev–Trinajstić information content (AvgIpc) is 2.91. The molecule has 2 amide bonds. The fourth-order valence-electron chi connectivity index (χ4n) is 2.86. The van der Waals surface area contributed by atoms with Crippen LogP contribution in [-0.2, 0) is 14.3 Å². The summed E-state index contributed by atoms with van der Waals surface area (Å²) in [6, 6.07) is -0.597. The fraction of sp³-hybridized carbons (Fsp3) is 0.867. The molecule has 2 aliphatic rings. The number of amides is 2. The number of hydrogen-bond acceptors (Lipinski definition) is 6. The van der Waals surface area contributed by atoms with Gasteiger partial charge >= 0.3 is 0 Å². The van der Waals surface area contributed by atoms with Crippen molar-refractivity contribution in [1.82, 2.24) is 15.1 Å². The summed E-state index contributed by atoms with van der Waals surface area (Å²) in [5, 5.41) is 2.92. The van der Waals surface area contributed by atoms with Crippen LogP contribution >= 0.6 is 11.8 Å². The van der Waals surface area contributed by atoms with Crippen LogP contribution in [-0.4, -0.2) is 91.6 Å². The minimum Gasteiger partial charge on any atom is -0.379 e. The Morgan fingerprint density at radius 1 is 1.43 bits per heavy atom. The highest BCUT2D eigenvalue weighted by Crippen LogP contribution is 2.12. The van der Waals surface area contributed by atoms with Gasteiger partial charge in [-0.3, -0.25) is 14.5 Å². The Kier molecular flexibility index (Phi) is 7.61. The van der Waals surface area contributed by atoms with Crippen LogP contribution in [0, 0.1) is 0 Å². The number of rotatable bonds is 8. The number of likely N-dealkylation sites (tertiary alicyclic amines) is 1. The molecule has 0 saturated carbocycles. The number of carbonyl (C=O) groups excluding carboxylic acids is 2. The van der Waals surface area contributed by atoms with Crippen LogP contribution in [0.5, 0.6) is 0 Å². The van der Waals surface area contributed by atoms with Crippen LogP contribution < -0.4 is 11.1 Å².